The van der Waals surface area contributed by atoms with Crippen molar-refractivity contribution in [1.29, 1.82) is 0 Å². The van der Waals surface area contributed by atoms with Crippen LogP contribution in [0.1, 0.15) is 18.4 Å². The van der Waals surface area contributed by atoms with Crippen LogP contribution in [0.4, 0.5) is 0 Å². The van der Waals surface area contributed by atoms with Crippen LogP contribution >= 0.6 is 22.6 Å². The highest BCUT2D eigenvalue weighted by atomic mass is 127. The Kier molecular flexibility index (Phi) is 5.19. The smallest absolute Gasteiger partial charge is 0.0705 e. The van der Waals surface area contributed by atoms with Gasteiger partial charge in [-0.2, -0.15) is 0 Å². The number of alkyl halides is 1. The fourth-order valence-electron chi connectivity index (χ4n) is 1.88. The minimum Gasteiger partial charge on any atom is -0.313 e. The summed E-state index contributed by atoms with van der Waals surface area (Å²) in [5.41, 5.74) is 2.42. The molecule has 17 heavy (non-hydrogen) atoms. The largest absolute Gasteiger partial charge is 0.313 e. The summed E-state index contributed by atoms with van der Waals surface area (Å²) in [4.78, 5) is 4.37. The molecule has 0 amide bonds. The highest BCUT2D eigenvalue weighted by Gasteiger charge is 2.00. The molecular formula is C14H17IN2. The second-order valence-corrected chi connectivity index (χ2v) is 5.14. The molecule has 0 aliphatic rings. The van der Waals surface area contributed by atoms with Crippen molar-refractivity contribution in [3.63, 3.8) is 0 Å². The van der Waals surface area contributed by atoms with Crippen LogP contribution < -0.4 is 5.32 Å². The number of pyridine rings is 1. The van der Waals surface area contributed by atoms with Crippen LogP contribution in [0.3, 0.4) is 0 Å². The summed E-state index contributed by atoms with van der Waals surface area (Å²) in [5.74, 6) is 0. The van der Waals surface area contributed by atoms with Crippen LogP contribution in [0.15, 0.2) is 36.5 Å². The van der Waals surface area contributed by atoms with Gasteiger partial charge in [0.05, 0.1) is 5.52 Å². The van der Waals surface area contributed by atoms with Crippen LogP contribution in [-0.4, -0.2) is 16.0 Å². The van der Waals surface area contributed by atoms with Crippen LogP contribution in [0.5, 0.6) is 0 Å². The molecule has 90 valence electrons. The Labute approximate surface area is 116 Å². The van der Waals surface area contributed by atoms with Gasteiger partial charge < -0.3 is 5.32 Å². The molecule has 0 fully saturated rings. The molecule has 2 rings (SSSR count). The summed E-state index contributed by atoms with van der Waals surface area (Å²) >= 11 is 2.43. The first-order chi connectivity index (χ1) is 8.42. The van der Waals surface area contributed by atoms with E-state index in [-0.39, 0.29) is 0 Å². The van der Waals surface area contributed by atoms with E-state index in [1.54, 1.807) is 0 Å². The molecule has 1 aromatic heterocycles. The Morgan fingerprint density at radius 1 is 1.12 bits per heavy atom. The van der Waals surface area contributed by atoms with Crippen LogP contribution in [-0.2, 0) is 6.54 Å². The number of hydrogen-bond donors (Lipinski definition) is 1. The number of unbranched alkanes of at least 4 members (excludes halogenated alkanes) is 1. The van der Waals surface area contributed by atoms with Gasteiger partial charge in [-0.15, -0.1) is 0 Å². The topological polar surface area (TPSA) is 24.9 Å². The van der Waals surface area contributed by atoms with Gasteiger partial charge in [0, 0.05) is 18.1 Å². The van der Waals surface area contributed by atoms with Crippen molar-refractivity contribution in [3.8, 4) is 0 Å². The summed E-state index contributed by atoms with van der Waals surface area (Å²) < 4.78 is 1.25. The second-order valence-electron chi connectivity index (χ2n) is 4.06. The molecule has 0 aliphatic heterocycles. The predicted molar refractivity (Wildman–Crippen MR) is 81.6 cm³/mol. The zero-order chi connectivity index (χ0) is 11.9. The van der Waals surface area contributed by atoms with E-state index in [0.717, 1.165) is 18.6 Å². The molecule has 0 unspecified atom stereocenters. The molecule has 0 saturated heterocycles. The number of aromatic nitrogens is 1. The quantitative estimate of drug-likeness (QED) is 0.494. The monoisotopic (exact) mass is 340 g/mol. The minimum atomic E-state index is 0.935. The van der Waals surface area contributed by atoms with Crippen LogP contribution in [0.25, 0.3) is 10.9 Å². The molecular weight excluding hydrogens is 323 g/mol. The first-order valence-electron chi connectivity index (χ1n) is 6.01. The molecule has 0 bridgehead atoms. The number of benzene rings is 1. The van der Waals surface area contributed by atoms with Crippen molar-refractivity contribution in [2.45, 2.75) is 19.4 Å². The fraction of sp³-hybridized carbons (Fsp3) is 0.357. The van der Waals surface area contributed by atoms with Gasteiger partial charge in [0.15, 0.2) is 0 Å². The summed E-state index contributed by atoms with van der Waals surface area (Å²) in [6.07, 6.45) is 4.45. The van der Waals surface area contributed by atoms with Gasteiger partial charge in [-0.3, -0.25) is 4.98 Å². The molecule has 2 aromatic rings. The summed E-state index contributed by atoms with van der Waals surface area (Å²) in [6.45, 7) is 2.03. The Balaban J connectivity index is 1.98. The molecule has 0 atom stereocenters. The average Bonchev–Trinajstić information content (AvgIpc) is 2.39. The van der Waals surface area contributed by atoms with Gasteiger partial charge >= 0.3 is 0 Å². The van der Waals surface area contributed by atoms with Gasteiger partial charge in [0.1, 0.15) is 0 Å². The van der Waals surface area contributed by atoms with E-state index in [1.165, 1.54) is 28.2 Å². The van der Waals surface area contributed by atoms with E-state index in [2.05, 4.69) is 57.2 Å². The third-order valence-electron chi connectivity index (χ3n) is 2.79. The molecule has 0 radical (unpaired) electrons. The summed E-state index contributed by atoms with van der Waals surface area (Å²) in [6, 6.07) is 10.4. The van der Waals surface area contributed by atoms with Gasteiger partial charge in [-0.25, -0.2) is 0 Å². The summed E-state index contributed by atoms with van der Waals surface area (Å²) in [7, 11) is 0. The molecule has 1 aromatic carbocycles. The maximum Gasteiger partial charge on any atom is 0.0705 e. The zero-order valence-corrected chi connectivity index (χ0v) is 12.0. The Morgan fingerprint density at radius 3 is 2.88 bits per heavy atom. The normalized spacial score (nSPS) is 10.9. The molecule has 0 saturated carbocycles. The van der Waals surface area contributed by atoms with Crippen molar-refractivity contribution in [2.75, 3.05) is 11.0 Å². The molecule has 1 N–H and O–H groups in total. The molecule has 0 spiro atoms. The van der Waals surface area contributed by atoms with E-state index in [9.17, 15) is 0 Å². The first-order valence-corrected chi connectivity index (χ1v) is 7.53. The van der Waals surface area contributed by atoms with E-state index in [1.807, 2.05) is 12.3 Å². The Hall–Kier alpha value is -0.680. The lowest BCUT2D eigenvalue weighted by Crippen LogP contribution is -2.15. The lowest BCUT2D eigenvalue weighted by Gasteiger charge is -2.07. The number of rotatable bonds is 6. The lowest BCUT2D eigenvalue weighted by molar-refractivity contribution is 0.647. The average molecular weight is 340 g/mol. The van der Waals surface area contributed by atoms with Crippen molar-refractivity contribution in [2.24, 2.45) is 0 Å². The fourth-order valence-corrected chi connectivity index (χ4v) is 2.42. The van der Waals surface area contributed by atoms with Crippen molar-refractivity contribution < 1.29 is 0 Å². The summed E-state index contributed by atoms with van der Waals surface area (Å²) in [5, 5.41) is 4.76. The van der Waals surface area contributed by atoms with E-state index in [0.29, 0.717) is 0 Å². The van der Waals surface area contributed by atoms with Crippen molar-refractivity contribution in [3.05, 3.63) is 42.1 Å². The third-order valence-corrected chi connectivity index (χ3v) is 3.55. The number of nitrogens with one attached hydrogen (secondary N) is 1. The van der Waals surface area contributed by atoms with Gasteiger partial charge in [-0.1, -0.05) is 40.8 Å². The SMILES string of the molecule is ICCCCNCc1ccnc2ccccc12. The maximum atomic E-state index is 4.37. The van der Waals surface area contributed by atoms with Gasteiger partial charge in [0.2, 0.25) is 0 Å². The van der Waals surface area contributed by atoms with Crippen molar-refractivity contribution >= 4 is 33.5 Å². The second kappa shape index (κ2) is 6.91. The first kappa shape index (κ1) is 12.8. The number of fused-ring (bicyclic) bond motifs is 1. The van der Waals surface area contributed by atoms with Crippen LogP contribution in [0, 0.1) is 0 Å². The number of halogens is 1. The molecule has 1 heterocycles. The van der Waals surface area contributed by atoms with Gasteiger partial charge in [0.25, 0.3) is 0 Å². The Morgan fingerprint density at radius 2 is 2.00 bits per heavy atom. The molecule has 0 aliphatic carbocycles. The third kappa shape index (κ3) is 3.64. The maximum absolute atomic E-state index is 4.37. The minimum absolute atomic E-state index is 0.935. The van der Waals surface area contributed by atoms with E-state index in [4.69, 9.17) is 0 Å². The number of nitrogens with zero attached hydrogens (tertiary/aromatic N) is 1. The highest BCUT2D eigenvalue weighted by molar-refractivity contribution is 14.1. The predicted octanol–water partition coefficient (Wildman–Crippen LogP) is 3.54. The molecule has 3 heteroatoms. The van der Waals surface area contributed by atoms with E-state index < -0.39 is 0 Å². The van der Waals surface area contributed by atoms with E-state index >= 15 is 0 Å². The zero-order valence-electron chi connectivity index (χ0n) is 9.82. The lowest BCUT2D eigenvalue weighted by atomic mass is 10.1. The number of hydrogen-bond acceptors (Lipinski definition) is 2. The standard InChI is InChI=1S/C14H17IN2/c15-8-3-4-9-16-11-12-7-10-17-14-6-2-1-5-13(12)14/h1-2,5-7,10,16H,3-4,8-9,11H2. The molecule has 2 nitrogen and oxygen atoms in total. The number of para-hydroxylation sites is 1. The highest BCUT2D eigenvalue weighted by Crippen LogP contribution is 2.15. The Bertz CT molecular complexity index is 465. The van der Waals surface area contributed by atoms with Gasteiger partial charge in [-0.05, 0) is 41.5 Å². The van der Waals surface area contributed by atoms with Crippen molar-refractivity contribution in [1.82, 2.24) is 10.3 Å². The van der Waals surface area contributed by atoms with Crippen LogP contribution in [0.2, 0.25) is 0 Å².